The van der Waals surface area contributed by atoms with Crippen LogP contribution in [0.2, 0.25) is 5.02 Å². The molecule has 0 bridgehead atoms. The summed E-state index contributed by atoms with van der Waals surface area (Å²) >= 11 is 5.94. The molecule has 0 spiro atoms. The number of rotatable bonds is 6. The molecule has 6 heteroatoms. The van der Waals surface area contributed by atoms with Crippen molar-refractivity contribution in [2.75, 3.05) is 6.61 Å². The maximum absolute atomic E-state index is 11.9. The number of nitrogens with one attached hydrogen (secondary N) is 1. The standard InChI is InChI=1S/C18H18ClN3O2/c1-2-13-4-3-5-16(8-13)24-12-18(23)20-9-15-11-22-10-14(19)6-7-17(22)21-15/h3-8,10-11H,2,9,12H2,1H3,(H,20,23). The quantitative estimate of drug-likeness (QED) is 0.747. The van der Waals surface area contributed by atoms with Gasteiger partial charge in [-0.05, 0) is 36.2 Å². The highest BCUT2D eigenvalue weighted by molar-refractivity contribution is 6.30. The average molecular weight is 344 g/mol. The maximum Gasteiger partial charge on any atom is 0.258 e. The van der Waals surface area contributed by atoms with E-state index in [0.717, 1.165) is 17.8 Å². The molecule has 0 aliphatic rings. The molecule has 24 heavy (non-hydrogen) atoms. The third kappa shape index (κ3) is 4.06. The number of aryl methyl sites for hydroxylation is 1. The van der Waals surface area contributed by atoms with Gasteiger partial charge in [-0.1, -0.05) is 30.7 Å². The molecule has 2 heterocycles. The Labute approximate surface area is 145 Å². The highest BCUT2D eigenvalue weighted by atomic mass is 35.5. The van der Waals surface area contributed by atoms with Gasteiger partial charge in [0.05, 0.1) is 17.3 Å². The SMILES string of the molecule is CCc1cccc(OCC(=O)NCc2cn3cc(Cl)ccc3n2)c1. The first-order chi connectivity index (χ1) is 11.6. The van der Waals surface area contributed by atoms with Crippen LogP contribution < -0.4 is 10.1 Å². The molecule has 0 saturated carbocycles. The molecular formula is C18H18ClN3O2. The number of benzene rings is 1. The van der Waals surface area contributed by atoms with Gasteiger partial charge in [-0.15, -0.1) is 0 Å². The van der Waals surface area contributed by atoms with E-state index in [4.69, 9.17) is 16.3 Å². The second kappa shape index (κ2) is 7.36. The van der Waals surface area contributed by atoms with Crippen molar-refractivity contribution in [1.29, 1.82) is 0 Å². The number of hydrogen-bond donors (Lipinski definition) is 1. The van der Waals surface area contributed by atoms with Gasteiger partial charge >= 0.3 is 0 Å². The van der Waals surface area contributed by atoms with Crippen LogP contribution in [0.4, 0.5) is 0 Å². The summed E-state index contributed by atoms with van der Waals surface area (Å²) in [6, 6.07) is 11.4. The van der Waals surface area contributed by atoms with Crippen molar-refractivity contribution >= 4 is 23.2 Å². The van der Waals surface area contributed by atoms with Crippen LogP contribution >= 0.6 is 11.6 Å². The number of ether oxygens (including phenoxy) is 1. The van der Waals surface area contributed by atoms with Crippen LogP contribution in [0.3, 0.4) is 0 Å². The molecule has 2 aromatic heterocycles. The molecule has 1 N–H and O–H groups in total. The second-order valence-corrected chi connectivity index (χ2v) is 5.85. The Bertz CT molecular complexity index is 860. The summed E-state index contributed by atoms with van der Waals surface area (Å²) in [6.07, 6.45) is 4.55. The van der Waals surface area contributed by atoms with Crippen molar-refractivity contribution in [3.05, 3.63) is 65.1 Å². The summed E-state index contributed by atoms with van der Waals surface area (Å²) in [5.74, 6) is 0.513. The van der Waals surface area contributed by atoms with Crippen molar-refractivity contribution in [3.8, 4) is 5.75 Å². The number of carbonyl (C=O) groups excluding carboxylic acids is 1. The zero-order valence-electron chi connectivity index (χ0n) is 13.3. The first-order valence-corrected chi connectivity index (χ1v) is 8.13. The van der Waals surface area contributed by atoms with Crippen LogP contribution in [0.1, 0.15) is 18.2 Å². The van der Waals surface area contributed by atoms with Crippen molar-refractivity contribution in [3.63, 3.8) is 0 Å². The number of amides is 1. The minimum atomic E-state index is -0.188. The fraction of sp³-hybridized carbons (Fsp3) is 0.222. The lowest BCUT2D eigenvalue weighted by atomic mass is 10.2. The van der Waals surface area contributed by atoms with E-state index in [0.29, 0.717) is 17.3 Å². The Balaban J connectivity index is 1.52. The summed E-state index contributed by atoms with van der Waals surface area (Å²) in [4.78, 5) is 16.3. The van der Waals surface area contributed by atoms with Crippen molar-refractivity contribution < 1.29 is 9.53 Å². The molecule has 1 amide bonds. The van der Waals surface area contributed by atoms with Crippen LogP contribution in [0.5, 0.6) is 5.75 Å². The molecule has 0 aliphatic heterocycles. The maximum atomic E-state index is 11.9. The molecule has 1 aromatic carbocycles. The van der Waals surface area contributed by atoms with E-state index in [1.807, 2.05) is 40.9 Å². The number of imidazole rings is 1. The number of pyridine rings is 1. The van der Waals surface area contributed by atoms with Gasteiger partial charge in [0, 0.05) is 12.4 Å². The van der Waals surface area contributed by atoms with Crippen LogP contribution in [-0.4, -0.2) is 21.9 Å². The van der Waals surface area contributed by atoms with Gasteiger partial charge in [0.25, 0.3) is 5.91 Å². The van der Waals surface area contributed by atoms with Gasteiger partial charge < -0.3 is 14.5 Å². The number of aromatic nitrogens is 2. The van der Waals surface area contributed by atoms with E-state index in [9.17, 15) is 4.79 Å². The summed E-state index contributed by atoms with van der Waals surface area (Å²) in [5, 5.41) is 3.44. The van der Waals surface area contributed by atoms with Crippen LogP contribution in [-0.2, 0) is 17.8 Å². The van der Waals surface area contributed by atoms with Gasteiger partial charge in [0.1, 0.15) is 11.4 Å². The largest absolute Gasteiger partial charge is 0.484 e. The van der Waals surface area contributed by atoms with E-state index in [1.54, 1.807) is 12.3 Å². The van der Waals surface area contributed by atoms with Crippen LogP contribution in [0, 0.1) is 0 Å². The van der Waals surface area contributed by atoms with E-state index in [-0.39, 0.29) is 12.5 Å². The third-order valence-corrected chi connectivity index (χ3v) is 3.83. The minimum absolute atomic E-state index is 0.0215. The van der Waals surface area contributed by atoms with Gasteiger partial charge in [-0.25, -0.2) is 4.98 Å². The van der Waals surface area contributed by atoms with E-state index in [2.05, 4.69) is 17.2 Å². The number of fused-ring (bicyclic) bond motifs is 1. The summed E-state index contributed by atoms with van der Waals surface area (Å²) in [7, 11) is 0. The molecule has 0 unspecified atom stereocenters. The highest BCUT2D eigenvalue weighted by Gasteiger charge is 2.06. The first kappa shape index (κ1) is 16.3. The van der Waals surface area contributed by atoms with E-state index < -0.39 is 0 Å². The van der Waals surface area contributed by atoms with Gasteiger partial charge in [0.15, 0.2) is 6.61 Å². The Hall–Kier alpha value is -2.53. The number of halogens is 1. The molecule has 0 aliphatic carbocycles. The van der Waals surface area contributed by atoms with Gasteiger partial charge in [-0.2, -0.15) is 0 Å². The fourth-order valence-corrected chi connectivity index (χ4v) is 2.51. The normalized spacial score (nSPS) is 10.8. The third-order valence-electron chi connectivity index (χ3n) is 3.61. The Kier molecular flexibility index (Phi) is 5.01. The number of hydrogen-bond acceptors (Lipinski definition) is 3. The Morgan fingerprint density at radius 3 is 3.00 bits per heavy atom. The summed E-state index contributed by atoms with van der Waals surface area (Å²) < 4.78 is 7.35. The smallest absolute Gasteiger partial charge is 0.258 e. The lowest BCUT2D eigenvalue weighted by Crippen LogP contribution is -2.28. The Morgan fingerprint density at radius 1 is 1.29 bits per heavy atom. The molecule has 0 saturated heterocycles. The fourth-order valence-electron chi connectivity index (χ4n) is 2.35. The lowest BCUT2D eigenvalue weighted by Gasteiger charge is -2.07. The predicted molar refractivity (Wildman–Crippen MR) is 93.4 cm³/mol. The Morgan fingerprint density at radius 2 is 2.17 bits per heavy atom. The molecule has 5 nitrogen and oxygen atoms in total. The molecule has 124 valence electrons. The predicted octanol–water partition coefficient (Wildman–Crippen LogP) is 3.25. The zero-order chi connectivity index (χ0) is 16.9. The monoisotopic (exact) mass is 343 g/mol. The van der Waals surface area contributed by atoms with Gasteiger partial charge in [-0.3, -0.25) is 4.79 Å². The summed E-state index contributed by atoms with van der Waals surface area (Å²) in [6.45, 7) is 2.40. The lowest BCUT2D eigenvalue weighted by molar-refractivity contribution is -0.123. The van der Waals surface area contributed by atoms with Crippen molar-refractivity contribution in [2.45, 2.75) is 19.9 Å². The zero-order valence-corrected chi connectivity index (χ0v) is 14.1. The molecule has 0 atom stereocenters. The number of nitrogens with zero attached hydrogens (tertiary/aromatic N) is 2. The van der Waals surface area contributed by atoms with Crippen molar-refractivity contribution in [2.24, 2.45) is 0 Å². The molecule has 3 aromatic rings. The number of carbonyl (C=O) groups is 1. The molecular weight excluding hydrogens is 326 g/mol. The first-order valence-electron chi connectivity index (χ1n) is 7.75. The van der Waals surface area contributed by atoms with E-state index in [1.165, 1.54) is 5.56 Å². The highest BCUT2D eigenvalue weighted by Crippen LogP contribution is 2.14. The van der Waals surface area contributed by atoms with Crippen LogP contribution in [0.25, 0.3) is 5.65 Å². The topological polar surface area (TPSA) is 55.6 Å². The molecule has 0 fully saturated rings. The average Bonchev–Trinajstić information content (AvgIpc) is 3.00. The summed E-state index contributed by atoms with van der Waals surface area (Å²) in [5.41, 5.74) is 2.73. The van der Waals surface area contributed by atoms with E-state index >= 15 is 0 Å². The van der Waals surface area contributed by atoms with Gasteiger partial charge in [0.2, 0.25) is 0 Å². The minimum Gasteiger partial charge on any atom is -0.484 e. The molecule has 0 radical (unpaired) electrons. The van der Waals surface area contributed by atoms with Crippen LogP contribution in [0.15, 0.2) is 48.8 Å². The molecule has 3 rings (SSSR count). The second-order valence-electron chi connectivity index (χ2n) is 5.41. The van der Waals surface area contributed by atoms with Crippen molar-refractivity contribution in [1.82, 2.24) is 14.7 Å².